The number of hydrogen-bond acceptors (Lipinski definition) is 3. The highest BCUT2D eigenvalue weighted by molar-refractivity contribution is 5.29. The molecule has 1 aromatic rings. The largest absolute Gasteiger partial charge is 0.492 e. The second kappa shape index (κ2) is 6.45. The van der Waals surface area contributed by atoms with E-state index in [0.717, 1.165) is 19.6 Å². The van der Waals surface area contributed by atoms with Crippen LogP contribution in [-0.4, -0.2) is 37.3 Å². The summed E-state index contributed by atoms with van der Waals surface area (Å²) in [6, 6.07) is 3.85. The molecule has 1 aromatic carbocycles. The van der Waals surface area contributed by atoms with Crippen LogP contribution in [0.2, 0.25) is 0 Å². The fraction of sp³-hybridized carbons (Fsp3) is 0.571. The molecule has 1 fully saturated rings. The summed E-state index contributed by atoms with van der Waals surface area (Å²) < 4.78 is 42.9. The zero-order valence-electron chi connectivity index (χ0n) is 11.2. The summed E-state index contributed by atoms with van der Waals surface area (Å²) in [6.45, 7) is 3.60. The third-order valence-corrected chi connectivity index (χ3v) is 3.47. The van der Waals surface area contributed by atoms with E-state index in [2.05, 4.69) is 4.90 Å². The number of halogens is 3. The summed E-state index contributed by atoms with van der Waals surface area (Å²) in [5.74, 6) is 0.572. The maximum Gasteiger partial charge on any atom is 0.407 e. The summed E-state index contributed by atoms with van der Waals surface area (Å²) in [4.78, 5) is 2.31. The van der Waals surface area contributed by atoms with Crippen LogP contribution in [0.15, 0.2) is 24.3 Å². The van der Waals surface area contributed by atoms with Gasteiger partial charge in [-0.2, -0.15) is 13.2 Å². The van der Waals surface area contributed by atoms with E-state index in [-0.39, 0.29) is 5.56 Å². The molecule has 20 heavy (non-hydrogen) atoms. The molecule has 0 aromatic heterocycles. The van der Waals surface area contributed by atoms with Gasteiger partial charge in [-0.15, -0.1) is 0 Å². The van der Waals surface area contributed by atoms with Crippen molar-refractivity contribution in [2.45, 2.75) is 25.1 Å². The normalized spacial score (nSPS) is 18.2. The molecule has 0 spiro atoms. The Morgan fingerprint density at radius 3 is 2.30 bits per heavy atom. The Labute approximate surface area is 116 Å². The number of alkyl halides is 3. The Hall–Kier alpha value is -1.27. The molecule has 0 radical (unpaired) electrons. The van der Waals surface area contributed by atoms with Crippen LogP contribution in [0.1, 0.15) is 24.4 Å². The third kappa shape index (κ3) is 4.11. The predicted octanol–water partition coefficient (Wildman–Crippen LogP) is 2.72. The van der Waals surface area contributed by atoms with Crippen molar-refractivity contribution in [3.63, 3.8) is 0 Å². The Bertz CT molecular complexity index is 413. The van der Waals surface area contributed by atoms with Crippen molar-refractivity contribution in [1.29, 1.82) is 0 Å². The van der Waals surface area contributed by atoms with Crippen LogP contribution < -0.4 is 10.5 Å². The van der Waals surface area contributed by atoms with Crippen LogP contribution in [0.5, 0.6) is 5.75 Å². The van der Waals surface area contributed by atoms with Gasteiger partial charge in [0.1, 0.15) is 18.4 Å². The van der Waals surface area contributed by atoms with Gasteiger partial charge in [-0.3, -0.25) is 4.90 Å². The van der Waals surface area contributed by atoms with E-state index in [1.807, 2.05) is 0 Å². The first kappa shape index (κ1) is 15.1. The average Bonchev–Trinajstić information content (AvgIpc) is 2.91. The zero-order valence-corrected chi connectivity index (χ0v) is 11.2. The van der Waals surface area contributed by atoms with E-state index >= 15 is 0 Å². The number of benzene rings is 1. The van der Waals surface area contributed by atoms with Gasteiger partial charge in [0, 0.05) is 6.54 Å². The number of rotatable bonds is 5. The molecule has 1 heterocycles. The molecule has 1 aliphatic heterocycles. The molecule has 0 aliphatic carbocycles. The molecule has 112 valence electrons. The Balaban J connectivity index is 1.82. The zero-order chi connectivity index (χ0) is 14.6. The summed E-state index contributed by atoms with van der Waals surface area (Å²) in [5.41, 5.74) is 5.18. The van der Waals surface area contributed by atoms with Crippen molar-refractivity contribution in [1.82, 2.24) is 4.90 Å². The van der Waals surface area contributed by atoms with Gasteiger partial charge in [-0.05, 0) is 43.6 Å². The molecule has 3 nitrogen and oxygen atoms in total. The van der Waals surface area contributed by atoms with E-state index in [1.54, 1.807) is 0 Å². The fourth-order valence-electron chi connectivity index (χ4n) is 2.26. The van der Waals surface area contributed by atoms with Crippen molar-refractivity contribution in [3.8, 4) is 5.75 Å². The minimum absolute atomic E-state index is 0.0457. The maximum atomic E-state index is 12.4. The van der Waals surface area contributed by atoms with Gasteiger partial charge < -0.3 is 10.5 Å². The molecule has 0 saturated carbocycles. The van der Waals surface area contributed by atoms with Crippen molar-refractivity contribution in [3.05, 3.63) is 29.8 Å². The van der Waals surface area contributed by atoms with E-state index in [4.69, 9.17) is 10.5 Å². The smallest absolute Gasteiger partial charge is 0.407 e. The highest BCUT2D eigenvalue weighted by Crippen LogP contribution is 2.31. The molecule has 0 amide bonds. The fourth-order valence-corrected chi connectivity index (χ4v) is 2.26. The molecule has 2 N–H and O–H groups in total. The number of nitrogens with zero attached hydrogens (tertiary/aromatic N) is 1. The highest BCUT2D eigenvalue weighted by Gasteiger charge is 2.37. The molecule has 1 aliphatic rings. The number of likely N-dealkylation sites (tertiary alicyclic amines) is 1. The van der Waals surface area contributed by atoms with E-state index in [0.29, 0.717) is 12.4 Å². The van der Waals surface area contributed by atoms with Crippen LogP contribution in [0.25, 0.3) is 0 Å². The Kier molecular flexibility index (Phi) is 4.88. The summed E-state index contributed by atoms with van der Waals surface area (Å²) in [7, 11) is 0. The maximum absolute atomic E-state index is 12.4. The van der Waals surface area contributed by atoms with E-state index in [9.17, 15) is 13.2 Å². The molecule has 1 saturated heterocycles. The van der Waals surface area contributed by atoms with Gasteiger partial charge in [-0.25, -0.2) is 0 Å². The lowest BCUT2D eigenvalue weighted by molar-refractivity contribution is -0.149. The van der Waals surface area contributed by atoms with Crippen molar-refractivity contribution in [2.75, 3.05) is 26.2 Å². The van der Waals surface area contributed by atoms with Gasteiger partial charge in [0.2, 0.25) is 0 Å². The molecule has 0 bridgehead atoms. The summed E-state index contributed by atoms with van der Waals surface area (Å²) in [6.07, 6.45) is -1.97. The molecule has 2 rings (SSSR count). The molecular weight excluding hydrogens is 269 g/mol. The van der Waals surface area contributed by atoms with Gasteiger partial charge in [-0.1, -0.05) is 12.1 Å². The second-order valence-corrected chi connectivity index (χ2v) is 4.99. The van der Waals surface area contributed by atoms with Crippen LogP contribution in [0, 0.1) is 0 Å². The van der Waals surface area contributed by atoms with Gasteiger partial charge in [0.15, 0.2) is 0 Å². The first-order chi connectivity index (χ1) is 9.47. The molecular formula is C14H19F3N2O. The molecule has 6 heteroatoms. The lowest BCUT2D eigenvalue weighted by Gasteiger charge is -2.17. The van der Waals surface area contributed by atoms with Crippen LogP contribution in [-0.2, 0) is 0 Å². The van der Waals surface area contributed by atoms with Crippen LogP contribution in [0.4, 0.5) is 13.2 Å². The van der Waals surface area contributed by atoms with Crippen LogP contribution >= 0.6 is 0 Å². The van der Waals surface area contributed by atoms with E-state index < -0.39 is 12.2 Å². The average molecular weight is 288 g/mol. The van der Waals surface area contributed by atoms with Crippen molar-refractivity contribution < 1.29 is 17.9 Å². The first-order valence-corrected chi connectivity index (χ1v) is 6.74. The van der Waals surface area contributed by atoms with Gasteiger partial charge in [0.25, 0.3) is 0 Å². The lowest BCUT2D eigenvalue weighted by Crippen LogP contribution is -2.28. The minimum Gasteiger partial charge on any atom is -0.492 e. The molecule has 1 atom stereocenters. The number of nitrogens with two attached hydrogens (primary N) is 1. The summed E-state index contributed by atoms with van der Waals surface area (Å²) >= 11 is 0. The van der Waals surface area contributed by atoms with Gasteiger partial charge in [0.05, 0.1) is 0 Å². The first-order valence-electron chi connectivity index (χ1n) is 6.74. The Morgan fingerprint density at radius 1 is 1.15 bits per heavy atom. The van der Waals surface area contributed by atoms with Gasteiger partial charge >= 0.3 is 6.18 Å². The quantitative estimate of drug-likeness (QED) is 0.905. The second-order valence-electron chi connectivity index (χ2n) is 4.99. The van der Waals surface area contributed by atoms with Crippen molar-refractivity contribution >= 4 is 0 Å². The minimum atomic E-state index is -4.42. The highest BCUT2D eigenvalue weighted by atomic mass is 19.4. The number of ether oxygens (including phenoxy) is 1. The Morgan fingerprint density at radius 2 is 1.75 bits per heavy atom. The monoisotopic (exact) mass is 288 g/mol. The number of hydrogen-bond donors (Lipinski definition) is 1. The van der Waals surface area contributed by atoms with Crippen molar-refractivity contribution in [2.24, 2.45) is 5.73 Å². The molecule has 0 unspecified atom stereocenters. The SMILES string of the molecule is N[C@@H](c1ccc(OCCN2CCCC2)cc1)C(F)(F)F. The third-order valence-electron chi connectivity index (χ3n) is 3.47. The van der Waals surface area contributed by atoms with Crippen LogP contribution in [0.3, 0.4) is 0 Å². The summed E-state index contributed by atoms with van der Waals surface area (Å²) in [5, 5.41) is 0. The topological polar surface area (TPSA) is 38.5 Å². The van der Waals surface area contributed by atoms with E-state index in [1.165, 1.54) is 37.1 Å². The predicted molar refractivity (Wildman–Crippen MR) is 70.6 cm³/mol. The standard InChI is InChI=1S/C14H19F3N2O/c15-14(16,17)13(18)11-3-5-12(6-4-11)20-10-9-19-7-1-2-8-19/h3-6,13H,1-2,7-10,18H2/t13-/m0/s1. The lowest BCUT2D eigenvalue weighted by atomic mass is 10.1.